The lowest BCUT2D eigenvalue weighted by Crippen LogP contribution is -2.38. The fourth-order valence-electron chi connectivity index (χ4n) is 3.80. The van der Waals surface area contributed by atoms with Gasteiger partial charge < -0.3 is 15.7 Å². The molecule has 0 radical (unpaired) electrons. The molecule has 218 valence electrons. The van der Waals surface area contributed by atoms with Crippen LogP contribution >= 0.6 is 12.6 Å². The molecule has 0 fully saturated rings. The van der Waals surface area contributed by atoms with Crippen LogP contribution in [0, 0.1) is 11.6 Å². The summed E-state index contributed by atoms with van der Waals surface area (Å²) in [6, 6.07) is 16.4. The van der Waals surface area contributed by atoms with E-state index in [-0.39, 0.29) is 42.6 Å². The first-order valence-corrected chi connectivity index (χ1v) is 14.5. The molecule has 13 heteroatoms. The molecule has 0 aliphatic heterocycles. The Morgan fingerprint density at radius 1 is 0.951 bits per heavy atom. The molecule has 0 spiro atoms. The summed E-state index contributed by atoms with van der Waals surface area (Å²) in [4.78, 5) is 35.9. The number of carbonyl (C=O) groups excluding carboxylic acids is 3. The lowest BCUT2D eigenvalue weighted by atomic mass is 10.0. The van der Waals surface area contributed by atoms with E-state index in [0.717, 1.165) is 13.0 Å². The minimum Gasteiger partial charge on any atom is -0.384 e. The molecule has 0 aliphatic carbocycles. The Bertz CT molecular complexity index is 1520. The summed E-state index contributed by atoms with van der Waals surface area (Å²) >= 11 is 4.36. The average molecular weight is 606 g/mol. The highest BCUT2D eigenvalue weighted by Gasteiger charge is 2.30. The summed E-state index contributed by atoms with van der Waals surface area (Å²) in [5.74, 6) is -4.49. The summed E-state index contributed by atoms with van der Waals surface area (Å²) in [6.45, 7) is 0.980. The molecular weight excluding hydrogens is 576 g/mol. The third kappa shape index (κ3) is 8.59. The lowest BCUT2D eigenvalue weighted by Gasteiger charge is -2.16. The minimum absolute atomic E-state index is 0.110. The first kappa shape index (κ1) is 31.7. The number of hydrogen-bond acceptors (Lipinski definition) is 7. The van der Waals surface area contributed by atoms with Crippen LogP contribution in [0.25, 0.3) is 11.1 Å². The van der Waals surface area contributed by atoms with Crippen molar-refractivity contribution < 1.29 is 36.7 Å². The number of aliphatic hydroxyl groups excluding tert-OH is 1. The van der Waals surface area contributed by atoms with Gasteiger partial charge in [-0.15, -0.1) is 0 Å². The zero-order chi connectivity index (χ0) is 30.2. The Morgan fingerprint density at radius 2 is 1.61 bits per heavy atom. The molecule has 3 aromatic rings. The van der Waals surface area contributed by atoms with E-state index in [2.05, 4.69) is 23.3 Å². The Balaban J connectivity index is 1.69. The first-order chi connectivity index (χ1) is 19.4. The third-order valence-corrected chi connectivity index (χ3v) is 7.67. The molecule has 4 N–H and O–H groups in total. The van der Waals surface area contributed by atoms with Crippen LogP contribution in [0.15, 0.2) is 71.6 Å². The normalized spacial score (nSPS) is 12.7. The molecule has 2 atom stereocenters. The van der Waals surface area contributed by atoms with Gasteiger partial charge in [-0.3, -0.25) is 14.4 Å². The number of halogens is 2. The summed E-state index contributed by atoms with van der Waals surface area (Å²) < 4.78 is 57.1. The number of rotatable bonds is 12. The topological polar surface area (TPSA) is 142 Å². The number of amides is 3. The van der Waals surface area contributed by atoms with Gasteiger partial charge in [0, 0.05) is 30.3 Å². The third-order valence-electron chi connectivity index (χ3n) is 5.90. The zero-order valence-electron chi connectivity index (χ0n) is 21.9. The predicted molar refractivity (Wildman–Crippen MR) is 152 cm³/mol. The van der Waals surface area contributed by atoms with Crippen LogP contribution in [-0.2, 0) is 26.0 Å². The van der Waals surface area contributed by atoms with E-state index in [4.69, 9.17) is 0 Å². The largest absolute Gasteiger partial charge is 0.384 e. The highest BCUT2D eigenvalue weighted by atomic mass is 32.2. The van der Waals surface area contributed by atoms with Crippen molar-refractivity contribution in [1.82, 2.24) is 15.4 Å². The Hall–Kier alpha value is -3.81. The number of nitrogens with one attached hydrogen (secondary N) is 3. The van der Waals surface area contributed by atoms with Gasteiger partial charge in [-0.2, -0.15) is 12.6 Å². The number of hydrogen-bond donors (Lipinski definition) is 5. The van der Waals surface area contributed by atoms with E-state index in [1.54, 1.807) is 41.1 Å². The molecule has 3 rings (SSSR count). The highest BCUT2D eigenvalue weighted by molar-refractivity contribution is 7.90. The van der Waals surface area contributed by atoms with Crippen LogP contribution in [0.1, 0.15) is 29.3 Å². The molecule has 0 aliphatic rings. The summed E-state index contributed by atoms with van der Waals surface area (Å²) in [5, 5.41) is 14.1. The van der Waals surface area contributed by atoms with Crippen molar-refractivity contribution in [3.63, 3.8) is 0 Å². The monoisotopic (exact) mass is 605 g/mol. The molecule has 0 unspecified atom stereocenters. The molecule has 3 amide bonds. The van der Waals surface area contributed by atoms with Gasteiger partial charge >= 0.3 is 0 Å². The van der Waals surface area contributed by atoms with Gasteiger partial charge in [-0.25, -0.2) is 21.9 Å². The summed E-state index contributed by atoms with van der Waals surface area (Å²) in [6.07, 6.45) is -1.58. The van der Waals surface area contributed by atoms with Gasteiger partial charge in [-0.1, -0.05) is 54.6 Å². The zero-order valence-corrected chi connectivity index (χ0v) is 23.6. The average Bonchev–Trinajstić information content (AvgIpc) is 2.93. The Morgan fingerprint density at radius 3 is 2.27 bits per heavy atom. The van der Waals surface area contributed by atoms with Crippen molar-refractivity contribution >= 4 is 40.4 Å². The van der Waals surface area contributed by atoms with Gasteiger partial charge in [-0.05, 0) is 36.6 Å². The van der Waals surface area contributed by atoms with E-state index in [1.165, 1.54) is 24.3 Å². The van der Waals surface area contributed by atoms with Gasteiger partial charge in [0.25, 0.3) is 21.8 Å². The van der Waals surface area contributed by atoms with E-state index in [1.807, 2.05) is 0 Å². The van der Waals surface area contributed by atoms with Gasteiger partial charge in [0.1, 0.15) is 16.8 Å². The molecule has 0 saturated heterocycles. The summed E-state index contributed by atoms with van der Waals surface area (Å²) in [5.41, 5.74) is 0.0235. The number of sulfonamides is 1. The molecular formula is C28H29F2N3O6S2. The van der Waals surface area contributed by atoms with Crippen molar-refractivity contribution in [2.75, 3.05) is 13.1 Å². The predicted octanol–water partition coefficient (Wildman–Crippen LogP) is 2.59. The number of benzene rings is 3. The highest BCUT2D eigenvalue weighted by Crippen LogP contribution is 2.31. The van der Waals surface area contributed by atoms with Gasteiger partial charge in [0.2, 0.25) is 5.91 Å². The van der Waals surface area contributed by atoms with E-state index >= 15 is 4.39 Å². The van der Waals surface area contributed by atoms with Crippen LogP contribution in [0.3, 0.4) is 0 Å². The van der Waals surface area contributed by atoms with E-state index < -0.39 is 50.1 Å². The fraction of sp³-hybridized carbons (Fsp3) is 0.250. The molecule has 3 aromatic carbocycles. The van der Waals surface area contributed by atoms with Crippen molar-refractivity contribution in [3.8, 4) is 11.1 Å². The van der Waals surface area contributed by atoms with Crippen LogP contribution in [0.4, 0.5) is 8.78 Å². The molecule has 0 bridgehead atoms. The maximum atomic E-state index is 15.7. The van der Waals surface area contributed by atoms with E-state index in [9.17, 15) is 32.3 Å². The molecule has 9 nitrogen and oxygen atoms in total. The van der Waals surface area contributed by atoms with Crippen LogP contribution < -0.4 is 15.4 Å². The second-order valence-corrected chi connectivity index (χ2v) is 11.4. The summed E-state index contributed by atoms with van der Waals surface area (Å²) in [7, 11) is -4.85. The number of carbonyl (C=O) groups is 3. The quantitative estimate of drug-likeness (QED) is 0.201. The maximum Gasteiger partial charge on any atom is 0.267 e. The van der Waals surface area contributed by atoms with Crippen LogP contribution in [0.2, 0.25) is 0 Å². The number of thiol groups is 1. The molecule has 0 aromatic heterocycles. The Labute approximate surface area is 241 Å². The van der Waals surface area contributed by atoms with Crippen molar-refractivity contribution in [2.24, 2.45) is 0 Å². The molecule has 0 heterocycles. The SMILES string of the molecule is C[C@H](O)C(=O)NS(=O)(=O)c1c(-c2ccccc2)ccc(C(=O)NCCC(=O)NC[C@H](S)Cc2ccccc2F)c1F. The second-order valence-electron chi connectivity index (χ2n) is 9.07. The van der Waals surface area contributed by atoms with E-state index in [0.29, 0.717) is 11.1 Å². The molecule has 41 heavy (non-hydrogen) atoms. The fourth-order valence-corrected chi connectivity index (χ4v) is 5.45. The first-order valence-electron chi connectivity index (χ1n) is 12.5. The van der Waals surface area contributed by atoms with Crippen LogP contribution in [-0.4, -0.2) is 55.7 Å². The molecule has 0 saturated carbocycles. The van der Waals surface area contributed by atoms with Crippen molar-refractivity contribution in [1.29, 1.82) is 0 Å². The van der Waals surface area contributed by atoms with Crippen molar-refractivity contribution in [3.05, 3.63) is 89.5 Å². The van der Waals surface area contributed by atoms with Crippen molar-refractivity contribution in [2.45, 2.75) is 36.0 Å². The second kappa shape index (κ2) is 14.2. The minimum atomic E-state index is -4.85. The van der Waals surface area contributed by atoms with Gasteiger partial charge in [0.05, 0.1) is 5.56 Å². The Kier molecular flexibility index (Phi) is 11.0. The number of aliphatic hydroxyl groups is 1. The smallest absolute Gasteiger partial charge is 0.267 e. The standard InChI is InChI=1S/C28H29F2N3O6S2/c1-17(34)27(36)33-41(38,39)26-21(18-7-3-2-4-8-18)11-12-22(25(26)30)28(37)31-14-13-24(35)32-16-20(40)15-19-9-5-6-10-23(19)29/h2-12,17,20,34,40H,13-16H2,1H3,(H,31,37)(H,32,35)(H,33,36)/t17-,20+/m0/s1. The lowest BCUT2D eigenvalue weighted by molar-refractivity contribution is -0.126. The maximum absolute atomic E-state index is 15.7. The van der Waals surface area contributed by atoms with Gasteiger partial charge in [0.15, 0.2) is 5.82 Å². The van der Waals surface area contributed by atoms with Crippen LogP contribution in [0.5, 0.6) is 0 Å².